The van der Waals surface area contributed by atoms with Crippen LogP contribution in [0.3, 0.4) is 0 Å². The van der Waals surface area contributed by atoms with E-state index in [1.807, 2.05) is 6.92 Å². The average Bonchev–Trinajstić information content (AvgIpc) is 2.27. The molecule has 0 N–H and O–H groups in total. The number of unbranched alkanes of at least 4 members (excludes halogenated alkanes) is 2. The van der Waals surface area contributed by atoms with Crippen molar-refractivity contribution in [3.63, 3.8) is 0 Å². The van der Waals surface area contributed by atoms with Gasteiger partial charge in [-0.3, -0.25) is 0 Å². The van der Waals surface area contributed by atoms with Gasteiger partial charge in [0.2, 0.25) is 0 Å². The van der Waals surface area contributed by atoms with Crippen molar-refractivity contribution in [1.29, 1.82) is 0 Å². The van der Waals surface area contributed by atoms with Crippen molar-refractivity contribution in [2.45, 2.75) is 51.6 Å². The first-order valence-electron chi connectivity index (χ1n) is 6.22. The topological polar surface area (TPSA) is 0 Å². The molecule has 1 rings (SSSR count). The van der Waals surface area contributed by atoms with Crippen LogP contribution in [0.2, 0.25) is 0 Å². The average molecular weight is 262 g/mol. The summed E-state index contributed by atoms with van der Waals surface area (Å²) < 4.78 is 50.9. The van der Waals surface area contributed by atoms with Gasteiger partial charge in [0.05, 0.1) is 5.56 Å². The van der Waals surface area contributed by atoms with Gasteiger partial charge in [-0.2, -0.15) is 13.2 Å². The summed E-state index contributed by atoms with van der Waals surface area (Å²) in [5.41, 5.74) is -0.474. The lowest BCUT2D eigenvalue weighted by atomic mass is 9.93. The first-order chi connectivity index (χ1) is 8.34. The van der Waals surface area contributed by atoms with Crippen LogP contribution >= 0.6 is 0 Å². The Balaban J connectivity index is 2.85. The third-order valence-electron chi connectivity index (χ3n) is 3.06. The van der Waals surface area contributed by atoms with Crippen LogP contribution in [-0.2, 0) is 6.18 Å². The van der Waals surface area contributed by atoms with Crippen molar-refractivity contribution < 1.29 is 17.6 Å². The minimum Gasteiger partial charge on any atom is -0.207 e. The normalized spacial score (nSPS) is 13.7. The molecule has 4 heteroatoms. The molecule has 102 valence electrons. The number of alkyl halides is 3. The van der Waals surface area contributed by atoms with Gasteiger partial charge < -0.3 is 0 Å². The quantitative estimate of drug-likeness (QED) is 0.483. The summed E-state index contributed by atoms with van der Waals surface area (Å²) in [6, 6.07) is 2.80. The van der Waals surface area contributed by atoms with Crippen molar-refractivity contribution >= 4 is 0 Å². The van der Waals surface area contributed by atoms with E-state index in [4.69, 9.17) is 0 Å². The molecule has 0 saturated carbocycles. The Kier molecular flexibility index (Phi) is 5.17. The zero-order valence-corrected chi connectivity index (χ0v) is 10.6. The molecule has 1 aromatic carbocycles. The molecule has 1 atom stereocenters. The molecule has 0 spiro atoms. The lowest BCUT2D eigenvalue weighted by molar-refractivity contribution is -0.137. The summed E-state index contributed by atoms with van der Waals surface area (Å²) in [7, 11) is 0. The summed E-state index contributed by atoms with van der Waals surface area (Å²) in [5.74, 6) is -0.865. The maximum absolute atomic E-state index is 13.2. The van der Waals surface area contributed by atoms with Gasteiger partial charge >= 0.3 is 6.18 Å². The maximum Gasteiger partial charge on any atom is 0.416 e. The van der Waals surface area contributed by atoms with E-state index in [2.05, 4.69) is 6.92 Å². The van der Waals surface area contributed by atoms with Gasteiger partial charge in [-0.15, -0.1) is 0 Å². The standard InChI is InChI=1S/C14H18F4/c1-3-4-5-6-10(2)11-7-12(14(16,17)18)9-13(15)8-11/h7-10H,3-6H2,1-2H3/t10-/m0/s1. The third kappa shape index (κ3) is 4.31. The highest BCUT2D eigenvalue weighted by molar-refractivity contribution is 5.29. The summed E-state index contributed by atoms with van der Waals surface area (Å²) in [6.07, 6.45) is -0.639. The zero-order chi connectivity index (χ0) is 13.8. The van der Waals surface area contributed by atoms with Crippen molar-refractivity contribution in [2.24, 2.45) is 0 Å². The second kappa shape index (κ2) is 6.21. The van der Waals surface area contributed by atoms with Crippen LogP contribution in [0, 0.1) is 5.82 Å². The predicted molar refractivity (Wildman–Crippen MR) is 64.0 cm³/mol. The van der Waals surface area contributed by atoms with E-state index < -0.39 is 17.6 Å². The van der Waals surface area contributed by atoms with E-state index in [-0.39, 0.29) is 5.92 Å². The van der Waals surface area contributed by atoms with Gasteiger partial charge in [-0.1, -0.05) is 33.1 Å². The molecule has 0 heterocycles. The first-order valence-corrected chi connectivity index (χ1v) is 6.22. The number of rotatable bonds is 5. The van der Waals surface area contributed by atoms with E-state index >= 15 is 0 Å². The predicted octanol–water partition coefficient (Wildman–Crippen LogP) is 5.53. The highest BCUT2D eigenvalue weighted by Crippen LogP contribution is 2.33. The highest BCUT2D eigenvalue weighted by atomic mass is 19.4. The molecule has 18 heavy (non-hydrogen) atoms. The minimum absolute atomic E-state index is 0.0478. The third-order valence-corrected chi connectivity index (χ3v) is 3.06. The molecule has 0 bridgehead atoms. The van der Waals surface area contributed by atoms with Gasteiger partial charge in [0.25, 0.3) is 0 Å². The van der Waals surface area contributed by atoms with Crippen molar-refractivity contribution in [3.8, 4) is 0 Å². The van der Waals surface area contributed by atoms with E-state index in [1.54, 1.807) is 0 Å². The lowest BCUT2D eigenvalue weighted by Gasteiger charge is -2.14. The fraction of sp³-hybridized carbons (Fsp3) is 0.571. The number of hydrogen-bond donors (Lipinski definition) is 0. The largest absolute Gasteiger partial charge is 0.416 e. The van der Waals surface area contributed by atoms with Crippen LogP contribution in [0.15, 0.2) is 18.2 Å². The fourth-order valence-corrected chi connectivity index (χ4v) is 1.93. The molecule has 0 aliphatic carbocycles. The van der Waals surface area contributed by atoms with Crippen molar-refractivity contribution in [3.05, 3.63) is 35.1 Å². The van der Waals surface area contributed by atoms with E-state index in [9.17, 15) is 17.6 Å². The van der Waals surface area contributed by atoms with Gasteiger partial charge in [-0.05, 0) is 36.1 Å². The number of halogens is 4. The molecule has 1 aromatic rings. The molecule has 0 aliphatic rings. The van der Waals surface area contributed by atoms with Gasteiger partial charge in [0, 0.05) is 0 Å². The Morgan fingerprint density at radius 2 is 1.78 bits per heavy atom. The Morgan fingerprint density at radius 3 is 2.33 bits per heavy atom. The number of benzene rings is 1. The Hall–Kier alpha value is -1.06. The van der Waals surface area contributed by atoms with Crippen LogP contribution in [0.25, 0.3) is 0 Å². The summed E-state index contributed by atoms with van der Waals surface area (Å²) in [6.45, 7) is 3.90. The summed E-state index contributed by atoms with van der Waals surface area (Å²) in [5, 5.41) is 0. The van der Waals surface area contributed by atoms with Gasteiger partial charge in [0.1, 0.15) is 5.82 Å². The molecule has 0 nitrogen and oxygen atoms in total. The van der Waals surface area contributed by atoms with E-state index in [0.717, 1.165) is 31.7 Å². The molecular weight excluding hydrogens is 244 g/mol. The molecule has 0 saturated heterocycles. The Morgan fingerprint density at radius 1 is 1.11 bits per heavy atom. The zero-order valence-electron chi connectivity index (χ0n) is 10.6. The molecule has 0 fully saturated rings. The van der Waals surface area contributed by atoms with E-state index in [1.165, 1.54) is 6.07 Å². The van der Waals surface area contributed by atoms with Crippen LogP contribution in [-0.4, -0.2) is 0 Å². The maximum atomic E-state index is 13.2. The molecule has 0 amide bonds. The molecule has 0 unspecified atom stereocenters. The number of hydrogen-bond acceptors (Lipinski definition) is 0. The fourth-order valence-electron chi connectivity index (χ4n) is 1.93. The van der Waals surface area contributed by atoms with Crippen LogP contribution in [0.1, 0.15) is 56.6 Å². The van der Waals surface area contributed by atoms with Crippen LogP contribution in [0.4, 0.5) is 17.6 Å². The highest BCUT2D eigenvalue weighted by Gasteiger charge is 2.31. The van der Waals surface area contributed by atoms with Gasteiger partial charge in [-0.25, -0.2) is 4.39 Å². The first kappa shape index (κ1) is 15.0. The minimum atomic E-state index is -4.49. The SMILES string of the molecule is CCCCC[C@H](C)c1cc(F)cc(C(F)(F)F)c1. The smallest absolute Gasteiger partial charge is 0.207 e. The Labute approximate surface area is 105 Å². The Bertz CT molecular complexity index is 382. The monoisotopic (exact) mass is 262 g/mol. The second-order valence-electron chi connectivity index (χ2n) is 4.67. The summed E-state index contributed by atoms with van der Waals surface area (Å²) in [4.78, 5) is 0. The molecule has 0 radical (unpaired) electrons. The molecule has 0 aliphatic heterocycles. The summed E-state index contributed by atoms with van der Waals surface area (Å²) >= 11 is 0. The van der Waals surface area contributed by atoms with Crippen molar-refractivity contribution in [2.75, 3.05) is 0 Å². The molecular formula is C14H18F4. The van der Waals surface area contributed by atoms with Crippen LogP contribution < -0.4 is 0 Å². The van der Waals surface area contributed by atoms with Gasteiger partial charge in [0.15, 0.2) is 0 Å². The second-order valence-corrected chi connectivity index (χ2v) is 4.67. The van der Waals surface area contributed by atoms with E-state index in [0.29, 0.717) is 11.6 Å². The van der Waals surface area contributed by atoms with Crippen molar-refractivity contribution in [1.82, 2.24) is 0 Å². The lowest BCUT2D eigenvalue weighted by Crippen LogP contribution is -2.07. The molecule has 0 aromatic heterocycles. The van der Waals surface area contributed by atoms with Crippen LogP contribution in [0.5, 0.6) is 0 Å².